The smallest absolute Gasteiger partial charge is 0.317 e. The highest BCUT2D eigenvalue weighted by Gasteiger charge is 2.23. The van der Waals surface area contributed by atoms with Gasteiger partial charge < -0.3 is 19.7 Å². The van der Waals surface area contributed by atoms with Crippen LogP contribution in [0.1, 0.15) is 36.3 Å². The van der Waals surface area contributed by atoms with Crippen LogP contribution in [0.15, 0.2) is 42.5 Å². The van der Waals surface area contributed by atoms with E-state index >= 15 is 0 Å². The molecule has 2 amide bonds. The Kier molecular flexibility index (Phi) is 6.74. The van der Waals surface area contributed by atoms with Gasteiger partial charge in [0.2, 0.25) is 0 Å². The highest BCUT2D eigenvalue weighted by Crippen LogP contribution is 2.28. The molecule has 1 heterocycles. The summed E-state index contributed by atoms with van der Waals surface area (Å²) in [6.45, 7) is 1.79. The van der Waals surface area contributed by atoms with Crippen molar-refractivity contribution in [2.45, 2.75) is 31.7 Å². The van der Waals surface area contributed by atoms with Crippen LogP contribution in [0.4, 0.5) is 9.18 Å². The molecule has 0 spiro atoms. The van der Waals surface area contributed by atoms with Crippen LogP contribution in [0.3, 0.4) is 0 Å². The highest BCUT2D eigenvalue weighted by molar-refractivity contribution is 5.74. The molecule has 1 saturated heterocycles. The summed E-state index contributed by atoms with van der Waals surface area (Å²) in [6, 6.07) is 12.1. The number of ether oxygens (including phenoxy) is 2. The average Bonchev–Trinajstić information content (AvgIpc) is 2.98. The van der Waals surface area contributed by atoms with Crippen molar-refractivity contribution in [3.8, 4) is 11.5 Å². The Morgan fingerprint density at radius 3 is 2.57 bits per heavy atom. The number of halogens is 1. The van der Waals surface area contributed by atoms with Crippen LogP contribution in [0, 0.1) is 5.82 Å². The first kappa shape index (κ1) is 20.0. The minimum atomic E-state index is -0.234. The molecule has 0 unspecified atom stereocenters. The van der Waals surface area contributed by atoms with Gasteiger partial charge in [0, 0.05) is 25.6 Å². The van der Waals surface area contributed by atoms with Gasteiger partial charge in [0.1, 0.15) is 5.82 Å². The van der Waals surface area contributed by atoms with Crippen LogP contribution in [0.5, 0.6) is 11.5 Å². The summed E-state index contributed by atoms with van der Waals surface area (Å²) in [5.41, 5.74) is 2.02. The van der Waals surface area contributed by atoms with E-state index in [1.807, 2.05) is 35.2 Å². The lowest BCUT2D eigenvalue weighted by Crippen LogP contribution is -2.41. The monoisotopic (exact) mass is 386 g/mol. The number of methoxy groups -OCH3 is 2. The van der Waals surface area contributed by atoms with E-state index in [1.165, 1.54) is 12.1 Å². The predicted octanol–water partition coefficient (Wildman–Crippen LogP) is 4.32. The van der Waals surface area contributed by atoms with Crippen molar-refractivity contribution < 1.29 is 18.7 Å². The maximum atomic E-state index is 13.2. The molecule has 6 heteroatoms. The van der Waals surface area contributed by atoms with Gasteiger partial charge in [-0.2, -0.15) is 0 Å². The summed E-state index contributed by atoms with van der Waals surface area (Å²) in [4.78, 5) is 14.6. The van der Waals surface area contributed by atoms with Gasteiger partial charge in [0.05, 0.1) is 14.2 Å². The third-order valence-corrected chi connectivity index (χ3v) is 5.19. The molecule has 2 aromatic carbocycles. The maximum absolute atomic E-state index is 13.2. The van der Waals surface area contributed by atoms with Crippen molar-refractivity contribution in [1.29, 1.82) is 0 Å². The van der Waals surface area contributed by atoms with Crippen molar-refractivity contribution >= 4 is 6.03 Å². The van der Waals surface area contributed by atoms with Crippen molar-refractivity contribution in [2.75, 3.05) is 27.3 Å². The lowest BCUT2D eigenvalue weighted by atomic mass is 9.94. The quantitative estimate of drug-likeness (QED) is 0.833. The van der Waals surface area contributed by atoms with E-state index in [4.69, 9.17) is 9.47 Å². The summed E-state index contributed by atoms with van der Waals surface area (Å²) in [7, 11) is 3.18. The first-order valence-corrected chi connectivity index (χ1v) is 9.60. The zero-order chi connectivity index (χ0) is 19.9. The topological polar surface area (TPSA) is 50.8 Å². The van der Waals surface area contributed by atoms with E-state index in [1.54, 1.807) is 14.2 Å². The van der Waals surface area contributed by atoms with E-state index in [2.05, 4.69) is 5.32 Å². The molecule has 1 fully saturated rings. The van der Waals surface area contributed by atoms with Gasteiger partial charge in [-0.15, -0.1) is 0 Å². The highest BCUT2D eigenvalue weighted by atomic mass is 19.1. The molecule has 1 aliphatic rings. The largest absolute Gasteiger partial charge is 0.493 e. The van der Waals surface area contributed by atoms with Crippen LogP contribution >= 0.6 is 0 Å². The van der Waals surface area contributed by atoms with Crippen LogP contribution in [0.2, 0.25) is 0 Å². The Labute approximate surface area is 165 Å². The van der Waals surface area contributed by atoms with Crippen LogP contribution in [0.25, 0.3) is 0 Å². The van der Waals surface area contributed by atoms with Crippen molar-refractivity contribution in [3.63, 3.8) is 0 Å². The van der Waals surface area contributed by atoms with Crippen molar-refractivity contribution in [3.05, 3.63) is 59.4 Å². The Bertz CT molecular complexity index is 795. The van der Waals surface area contributed by atoms with Gasteiger partial charge in [0.25, 0.3) is 0 Å². The van der Waals surface area contributed by atoms with Crippen LogP contribution < -0.4 is 14.8 Å². The number of urea groups is 1. The molecule has 28 heavy (non-hydrogen) atoms. The lowest BCUT2D eigenvalue weighted by molar-refractivity contribution is 0.197. The molecular formula is C22H27FN2O3. The van der Waals surface area contributed by atoms with Crippen molar-refractivity contribution in [2.24, 2.45) is 0 Å². The van der Waals surface area contributed by atoms with Gasteiger partial charge in [0.15, 0.2) is 11.5 Å². The summed E-state index contributed by atoms with van der Waals surface area (Å²) in [5.74, 6) is 1.30. The van der Waals surface area contributed by atoms with Crippen LogP contribution in [-0.2, 0) is 6.54 Å². The van der Waals surface area contributed by atoms with E-state index in [0.717, 1.165) is 36.9 Å². The standard InChI is InChI=1S/C22H27FN2O3/c1-27-20-11-6-16(13-21(20)28-2)14-24-22(26)25-12-4-3-5-18(15-25)17-7-9-19(23)10-8-17/h6-11,13,18H,3-5,12,14-15H2,1-2H3,(H,24,26)/t18-/m0/s1. The van der Waals surface area contributed by atoms with Gasteiger partial charge in [-0.25, -0.2) is 9.18 Å². The summed E-state index contributed by atoms with van der Waals surface area (Å²) >= 11 is 0. The average molecular weight is 386 g/mol. The zero-order valence-corrected chi connectivity index (χ0v) is 16.4. The SMILES string of the molecule is COc1ccc(CNC(=O)N2CCCC[C@H](c3ccc(F)cc3)C2)cc1OC. The fourth-order valence-corrected chi connectivity index (χ4v) is 3.61. The molecule has 0 saturated carbocycles. The Morgan fingerprint density at radius 2 is 1.86 bits per heavy atom. The van der Waals surface area contributed by atoms with Gasteiger partial charge >= 0.3 is 6.03 Å². The number of nitrogens with one attached hydrogen (secondary N) is 1. The number of carbonyl (C=O) groups is 1. The fourth-order valence-electron chi connectivity index (χ4n) is 3.61. The second-order valence-corrected chi connectivity index (χ2v) is 7.04. The molecule has 5 nitrogen and oxygen atoms in total. The fraction of sp³-hybridized carbons (Fsp3) is 0.409. The second kappa shape index (κ2) is 9.44. The minimum Gasteiger partial charge on any atom is -0.493 e. The van der Waals surface area contributed by atoms with E-state index in [0.29, 0.717) is 24.6 Å². The molecule has 1 aliphatic heterocycles. The number of hydrogen-bond acceptors (Lipinski definition) is 3. The number of benzene rings is 2. The molecule has 0 aliphatic carbocycles. The van der Waals surface area contributed by atoms with Crippen molar-refractivity contribution in [1.82, 2.24) is 10.2 Å². The molecule has 1 atom stereocenters. The molecule has 0 radical (unpaired) electrons. The third kappa shape index (κ3) is 4.94. The summed E-state index contributed by atoms with van der Waals surface area (Å²) in [5, 5.41) is 3.00. The first-order valence-electron chi connectivity index (χ1n) is 9.60. The first-order chi connectivity index (χ1) is 13.6. The number of likely N-dealkylation sites (tertiary alicyclic amines) is 1. The molecule has 3 rings (SSSR count). The summed E-state index contributed by atoms with van der Waals surface area (Å²) < 4.78 is 23.8. The normalized spacial score (nSPS) is 17.0. The summed E-state index contributed by atoms with van der Waals surface area (Å²) in [6.07, 6.45) is 3.04. The number of nitrogens with zero attached hydrogens (tertiary/aromatic N) is 1. The predicted molar refractivity (Wildman–Crippen MR) is 106 cm³/mol. The lowest BCUT2D eigenvalue weighted by Gasteiger charge is -2.25. The number of carbonyl (C=O) groups excluding carboxylic acids is 1. The Balaban J connectivity index is 1.62. The second-order valence-electron chi connectivity index (χ2n) is 7.04. The van der Waals surface area contributed by atoms with Gasteiger partial charge in [-0.05, 0) is 48.2 Å². The maximum Gasteiger partial charge on any atom is 0.317 e. The minimum absolute atomic E-state index is 0.0798. The number of hydrogen-bond donors (Lipinski definition) is 1. The van der Waals surface area contributed by atoms with E-state index in [9.17, 15) is 9.18 Å². The molecule has 150 valence electrons. The third-order valence-electron chi connectivity index (χ3n) is 5.19. The molecule has 0 bridgehead atoms. The number of amides is 2. The van der Waals surface area contributed by atoms with Gasteiger partial charge in [-0.1, -0.05) is 24.6 Å². The van der Waals surface area contributed by atoms with Crippen LogP contribution in [-0.4, -0.2) is 38.2 Å². The molecule has 2 aromatic rings. The Hall–Kier alpha value is -2.76. The Morgan fingerprint density at radius 1 is 1.11 bits per heavy atom. The molecular weight excluding hydrogens is 359 g/mol. The van der Waals surface area contributed by atoms with E-state index < -0.39 is 0 Å². The van der Waals surface area contributed by atoms with Gasteiger partial charge in [-0.3, -0.25) is 0 Å². The van der Waals surface area contributed by atoms with E-state index in [-0.39, 0.29) is 17.8 Å². The molecule has 1 N–H and O–H groups in total. The molecule has 0 aromatic heterocycles. The number of rotatable bonds is 5. The zero-order valence-electron chi connectivity index (χ0n) is 16.4.